The van der Waals surface area contributed by atoms with Crippen LogP contribution in [0, 0.1) is 6.92 Å². The fourth-order valence-corrected chi connectivity index (χ4v) is 2.78. The van der Waals surface area contributed by atoms with Gasteiger partial charge in [-0.1, -0.05) is 30.3 Å². The van der Waals surface area contributed by atoms with Crippen LogP contribution in [0.1, 0.15) is 16.2 Å². The summed E-state index contributed by atoms with van der Waals surface area (Å²) in [6, 6.07) is 13.1. The molecule has 0 spiro atoms. The Labute approximate surface area is 148 Å². The number of amides is 1. The average Bonchev–Trinajstić information content (AvgIpc) is 3.24. The van der Waals surface area contributed by atoms with Gasteiger partial charge in [-0.25, -0.2) is 9.50 Å². The van der Waals surface area contributed by atoms with E-state index in [-0.39, 0.29) is 5.91 Å². The molecule has 130 valence electrons. The van der Waals surface area contributed by atoms with Crippen LogP contribution in [0.15, 0.2) is 48.7 Å². The van der Waals surface area contributed by atoms with Crippen molar-refractivity contribution in [2.75, 3.05) is 12.4 Å². The highest BCUT2D eigenvalue weighted by molar-refractivity contribution is 6.06. The van der Waals surface area contributed by atoms with Crippen molar-refractivity contribution in [2.45, 2.75) is 6.92 Å². The van der Waals surface area contributed by atoms with Crippen LogP contribution >= 0.6 is 0 Å². The Kier molecular flexibility index (Phi) is 3.85. The monoisotopic (exact) mass is 348 g/mol. The maximum Gasteiger partial charge on any atom is 0.276 e. The van der Waals surface area contributed by atoms with Gasteiger partial charge in [0.1, 0.15) is 0 Å². The van der Waals surface area contributed by atoms with E-state index in [2.05, 4.69) is 25.6 Å². The van der Waals surface area contributed by atoms with Crippen molar-refractivity contribution in [1.82, 2.24) is 24.8 Å². The number of carbonyl (C=O) groups is 1. The SMILES string of the molecule is COc1ccc2nc(C)c(C(=O)Nc3cn[nH]c3-c3ccccc3)n2n1. The van der Waals surface area contributed by atoms with E-state index >= 15 is 0 Å². The van der Waals surface area contributed by atoms with Crippen molar-refractivity contribution in [3.05, 3.63) is 60.0 Å². The Morgan fingerprint density at radius 2 is 2.00 bits per heavy atom. The molecule has 0 unspecified atom stereocenters. The number of H-pyrrole nitrogens is 1. The zero-order valence-electron chi connectivity index (χ0n) is 14.2. The van der Waals surface area contributed by atoms with Gasteiger partial charge >= 0.3 is 0 Å². The molecule has 4 aromatic rings. The third kappa shape index (κ3) is 2.67. The molecule has 3 aromatic heterocycles. The fraction of sp³-hybridized carbons (Fsp3) is 0.111. The quantitative estimate of drug-likeness (QED) is 0.591. The lowest BCUT2D eigenvalue weighted by Gasteiger charge is -2.07. The third-order valence-corrected chi connectivity index (χ3v) is 4.00. The number of ether oxygens (including phenoxy) is 1. The maximum absolute atomic E-state index is 12.9. The second kappa shape index (κ2) is 6.32. The third-order valence-electron chi connectivity index (χ3n) is 4.00. The number of nitrogens with one attached hydrogen (secondary N) is 2. The van der Waals surface area contributed by atoms with Gasteiger partial charge in [0.05, 0.1) is 30.4 Å². The Balaban J connectivity index is 1.71. The molecule has 1 amide bonds. The lowest BCUT2D eigenvalue weighted by molar-refractivity contribution is 0.101. The van der Waals surface area contributed by atoms with E-state index in [1.165, 1.54) is 11.6 Å². The molecular weight excluding hydrogens is 332 g/mol. The van der Waals surface area contributed by atoms with E-state index < -0.39 is 0 Å². The molecule has 4 rings (SSSR count). The van der Waals surface area contributed by atoms with E-state index in [9.17, 15) is 4.79 Å². The van der Waals surface area contributed by atoms with Crippen molar-refractivity contribution < 1.29 is 9.53 Å². The lowest BCUT2D eigenvalue weighted by Crippen LogP contribution is -2.17. The zero-order valence-corrected chi connectivity index (χ0v) is 14.2. The van der Waals surface area contributed by atoms with Gasteiger partial charge in [0.15, 0.2) is 11.3 Å². The summed E-state index contributed by atoms with van der Waals surface area (Å²) in [6.45, 7) is 1.77. The minimum Gasteiger partial charge on any atom is -0.480 e. The number of rotatable bonds is 4. The van der Waals surface area contributed by atoms with E-state index in [1.54, 1.807) is 25.3 Å². The van der Waals surface area contributed by atoms with Crippen LogP contribution in [0.4, 0.5) is 5.69 Å². The predicted molar refractivity (Wildman–Crippen MR) is 96.3 cm³/mol. The Bertz CT molecular complexity index is 1080. The fourth-order valence-electron chi connectivity index (χ4n) is 2.78. The van der Waals surface area contributed by atoms with Crippen molar-refractivity contribution in [3.8, 4) is 17.1 Å². The van der Waals surface area contributed by atoms with Crippen molar-refractivity contribution in [1.29, 1.82) is 0 Å². The number of nitrogens with zero attached hydrogens (tertiary/aromatic N) is 4. The molecule has 2 N–H and O–H groups in total. The molecule has 0 aliphatic heterocycles. The normalized spacial score (nSPS) is 10.8. The van der Waals surface area contributed by atoms with Crippen LogP contribution in [-0.4, -0.2) is 37.8 Å². The first-order valence-corrected chi connectivity index (χ1v) is 7.98. The molecular formula is C18H16N6O2. The summed E-state index contributed by atoms with van der Waals surface area (Å²) in [6.07, 6.45) is 1.58. The lowest BCUT2D eigenvalue weighted by atomic mass is 10.1. The Hall–Kier alpha value is -3.68. The standard InChI is InChI=1S/C18H16N6O2/c1-11-17(24-14(20-11)8-9-15(23-24)26-2)18(25)21-13-10-19-22-16(13)12-6-4-3-5-7-12/h3-10H,1-2H3,(H,19,22)(H,21,25). The van der Waals surface area contributed by atoms with Gasteiger partial charge in [0.2, 0.25) is 5.88 Å². The predicted octanol–water partition coefficient (Wildman–Crippen LogP) is 2.69. The number of anilines is 1. The minimum absolute atomic E-state index is 0.325. The number of benzene rings is 1. The van der Waals surface area contributed by atoms with Gasteiger partial charge in [0, 0.05) is 11.6 Å². The van der Waals surface area contributed by atoms with Crippen LogP contribution in [0.2, 0.25) is 0 Å². The number of hydrogen-bond acceptors (Lipinski definition) is 5. The molecule has 0 aliphatic carbocycles. The van der Waals surface area contributed by atoms with Gasteiger partial charge in [-0.15, -0.1) is 5.10 Å². The molecule has 8 nitrogen and oxygen atoms in total. The van der Waals surface area contributed by atoms with Crippen molar-refractivity contribution in [2.24, 2.45) is 0 Å². The van der Waals surface area contributed by atoms with Crippen LogP contribution in [0.25, 0.3) is 16.9 Å². The van der Waals surface area contributed by atoms with Gasteiger partial charge < -0.3 is 10.1 Å². The summed E-state index contributed by atoms with van der Waals surface area (Å²) < 4.78 is 6.62. The summed E-state index contributed by atoms with van der Waals surface area (Å²) in [4.78, 5) is 17.3. The average molecular weight is 348 g/mol. The van der Waals surface area contributed by atoms with Gasteiger partial charge in [-0.2, -0.15) is 5.10 Å². The highest BCUT2D eigenvalue weighted by Gasteiger charge is 2.20. The van der Waals surface area contributed by atoms with Crippen molar-refractivity contribution in [3.63, 3.8) is 0 Å². The van der Waals surface area contributed by atoms with Crippen LogP contribution in [0.5, 0.6) is 5.88 Å². The zero-order chi connectivity index (χ0) is 18.1. The molecule has 26 heavy (non-hydrogen) atoms. The van der Waals surface area contributed by atoms with Crippen LogP contribution < -0.4 is 10.1 Å². The largest absolute Gasteiger partial charge is 0.480 e. The first-order valence-electron chi connectivity index (χ1n) is 7.98. The summed E-state index contributed by atoms with van der Waals surface area (Å²) in [5.41, 5.74) is 3.74. The highest BCUT2D eigenvalue weighted by Crippen LogP contribution is 2.26. The Morgan fingerprint density at radius 1 is 1.19 bits per heavy atom. The summed E-state index contributed by atoms with van der Waals surface area (Å²) in [5, 5.41) is 14.1. The summed E-state index contributed by atoms with van der Waals surface area (Å²) >= 11 is 0. The van der Waals surface area contributed by atoms with E-state index in [0.29, 0.717) is 28.6 Å². The molecule has 0 saturated carbocycles. The Morgan fingerprint density at radius 3 is 2.77 bits per heavy atom. The first kappa shape index (κ1) is 15.8. The number of carbonyl (C=O) groups excluding carboxylic acids is 1. The van der Waals surface area contributed by atoms with E-state index in [4.69, 9.17) is 4.74 Å². The number of fused-ring (bicyclic) bond motifs is 1. The van der Waals surface area contributed by atoms with Gasteiger partial charge in [0.25, 0.3) is 5.91 Å². The number of imidazole rings is 1. The summed E-state index contributed by atoms with van der Waals surface area (Å²) in [5.74, 6) is 0.0755. The molecule has 1 aromatic carbocycles. The molecule has 8 heteroatoms. The molecule has 0 saturated heterocycles. The van der Waals surface area contributed by atoms with Gasteiger partial charge in [-0.05, 0) is 13.0 Å². The second-order valence-corrected chi connectivity index (χ2v) is 5.67. The number of hydrogen-bond donors (Lipinski definition) is 2. The molecule has 0 radical (unpaired) electrons. The van der Waals surface area contributed by atoms with Gasteiger partial charge in [-0.3, -0.25) is 9.89 Å². The van der Waals surface area contributed by atoms with Crippen LogP contribution in [-0.2, 0) is 0 Å². The number of methoxy groups -OCH3 is 1. The molecule has 0 atom stereocenters. The molecule has 0 aliphatic rings. The number of aromatic amines is 1. The van der Waals surface area contributed by atoms with E-state index in [1.807, 2.05) is 30.3 Å². The maximum atomic E-state index is 12.9. The molecule has 0 bridgehead atoms. The van der Waals surface area contributed by atoms with Crippen molar-refractivity contribution >= 4 is 17.2 Å². The van der Waals surface area contributed by atoms with Crippen LogP contribution in [0.3, 0.4) is 0 Å². The molecule has 0 fully saturated rings. The number of aromatic nitrogens is 5. The topological polar surface area (TPSA) is 97.2 Å². The highest BCUT2D eigenvalue weighted by atomic mass is 16.5. The smallest absolute Gasteiger partial charge is 0.276 e. The molecule has 3 heterocycles. The minimum atomic E-state index is -0.325. The first-order chi connectivity index (χ1) is 12.7. The van der Waals surface area contributed by atoms with E-state index in [0.717, 1.165) is 11.3 Å². The second-order valence-electron chi connectivity index (χ2n) is 5.67. The summed E-state index contributed by atoms with van der Waals surface area (Å²) in [7, 11) is 1.52. The number of aryl methyl sites for hydroxylation is 1.